The number of amides is 1. The SMILES string of the molecule is CCOP(=O)(CCNC(=O)c1[nH]c2ccc(Cl)cc2c1S(=O)(=O)c1cc(C)cc(C)c1)OCC. The fourth-order valence-corrected chi connectivity index (χ4v) is 7.20. The van der Waals surface area contributed by atoms with E-state index in [0.29, 0.717) is 15.9 Å². The highest BCUT2D eigenvalue weighted by atomic mass is 35.5. The van der Waals surface area contributed by atoms with Gasteiger partial charge in [-0.2, -0.15) is 0 Å². The van der Waals surface area contributed by atoms with Crippen molar-refractivity contribution < 1.29 is 26.8 Å². The average molecular weight is 527 g/mol. The lowest BCUT2D eigenvalue weighted by Crippen LogP contribution is -2.28. The minimum Gasteiger partial charge on any atom is -0.350 e. The van der Waals surface area contributed by atoms with Gasteiger partial charge in [0.05, 0.1) is 24.3 Å². The maximum Gasteiger partial charge on any atom is 0.332 e. The van der Waals surface area contributed by atoms with Gasteiger partial charge < -0.3 is 19.3 Å². The van der Waals surface area contributed by atoms with Crippen LogP contribution in [0.2, 0.25) is 5.02 Å². The second-order valence-corrected chi connectivity index (χ2v) is 12.3. The minimum absolute atomic E-state index is 0.0325. The van der Waals surface area contributed by atoms with E-state index in [2.05, 4.69) is 10.3 Å². The van der Waals surface area contributed by atoms with Crippen LogP contribution in [0.25, 0.3) is 10.9 Å². The van der Waals surface area contributed by atoms with Crippen LogP contribution >= 0.6 is 19.2 Å². The summed E-state index contributed by atoms with van der Waals surface area (Å²) in [5.74, 6) is -0.658. The van der Waals surface area contributed by atoms with E-state index < -0.39 is 23.3 Å². The number of halogens is 1. The normalized spacial score (nSPS) is 12.3. The topological polar surface area (TPSA) is 115 Å². The number of benzene rings is 2. The van der Waals surface area contributed by atoms with Gasteiger partial charge in [-0.15, -0.1) is 0 Å². The summed E-state index contributed by atoms with van der Waals surface area (Å²) in [6.07, 6.45) is -0.0500. The van der Waals surface area contributed by atoms with Crippen LogP contribution in [0.5, 0.6) is 0 Å². The van der Waals surface area contributed by atoms with Crippen LogP contribution in [0.1, 0.15) is 35.5 Å². The molecule has 0 spiro atoms. The molecular formula is C23H28ClN2O6PS. The van der Waals surface area contributed by atoms with E-state index >= 15 is 0 Å². The monoisotopic (exact) mass is 526 g/mol. The molecule has 0 aliphatic rings. The molecule has 2 aromatic carbocycles. The van der Waals surface area contributed by atoms with Crippen molar-refractivity contribution in [3.05, 3.63) is 58.2 Å². The van der Waals surface area contributed by atoms with E-state index in [4.69, 9.17) is 20.6 Å². The van der Waals surface area contributed by atoms with Crippen LogP contribution in [-0.2, 0) is 23.4 Å². The molecule has 0 fully saturated rings. The van der Waals surface area contributed by atoms with Crippen LogP contribution in [-0.4, -0.2) is 45.2 Å². The Balaban J connectivity index is 2.02. The van der Waals surface area contributed by atoms with Crippen molar-refractivity contribution in [3.63, 3.8) is 0 Å². The number of H-pyrrole nitrogens is 1. The number of carbonyl (C=O) groups is 1. The fraction of sp³-hybridized carbons (Fsp3) is 0.348. The first-order chi connectivity index (χ1) is 16.0. The van der Waals surface area contributed by atoms with Crippen LogP contribution < -0.4 is 5.32 Å². The molecule has 0 saturated carbocycles. The van der Waals surface area contributed by atoms with E-state index in [-0.39, 0.29) is 41.4 Å². The predicted octanol–water partition coefficient (Wildman–Crippen LogP) is 5.27. The summed E-state index contributed by atoms with van der Waals surface area (Å²) >= 11 is 6.15. The second-order valence-electron chi connectivity index (χ2n) is 7.77. The third-order valence-corrected chi connectivity index (χ3v) is 9.16. The van der Waals surface area contributed by atoms with Gasteiger partial charge in [0.15, 0.2) is 0 Å². The first-order valence-corrected chi connectivity index (χ1v) is 14.4. The van der Waals surface area contributed by atoms with Gasteiger partial charge in [-0.3, -0.25) is 9.36 Å². The Kier molecular flexibility index (Phi) is 8.26. The van der Waals surface area contributed by atoms with Gasteiger partial charge >= 0.3 is 7.60 Å². The van der Waals surface area contributed by atoms with E-state index in [0.717, 1.165) is 11.1 Å². The molecular weight excluding hydrogens is 499 g/mol. The van der Waals surface area contributed by atoms with Crippen molar-refractivity contribution in [2.75, 3.05) is 25.9 Å². The van der Waals surface area contributed by atoms with Crippen molar-refractivity contribution in [2.45, 2.75) is 37.5 Å². The van der Waals surface area contributed by atoms with Gasteiger partial charge in [-0.1, -0.05) is 17.7 Å². The number of rotatable bonds is 10. The molecule has 1 amide bonds. The Hall–Kier alpha value is -2.16. The summed E-state index contributed by atoms with van der Waals surface area (Å²) in [6, 6.07) is 9.73. The van der Waals surface area contributed by atoms with Crippen molar-refractivity contribution in [2.24, 2.45) is 0 Å². The molecule has 184 valence electrons. The Labute approximate surface area is 204 Å². The van der Waals surface area contributed by atoms with Gasteiger partial charge in [-0.25, -0.2) is 8.42 Å². The zero-order chi connectivity index (χ0) is 25.1. The lowest BCUT2D eigenvalue weighted by Gasteiger charge is -2.17. The van der Waals surface area contributed by atoms with E-state index in [9.17, 15) is 17.8 Å². The molecule has 0 saturated heterocycles. The van der Waals surface area contributed by atoms with Crippen molar-refractivity contribution in [1.29, 1.82) is 0 Å². The maximum atomic E-state index is 13.7. The number of carbonyl (C=O) groups excluding carboxylic acids is 1. The lowest BCUT2D eigenvalue weighted by atomic mass is 10.2. The Morgan fingerprint density at radius 1 is 1.06 bits per heavy atom. The zero-order valence-electron chi connectivity index (χ0n) is 19.5. The van der Waals surface area contributed by atoms with Gasteiger partial charge in [0, 0.05) is 22.5 Å². The molecule has 1 heterocycles. The number of hydrogen-bond donors (Lipinski definition) is 2. The van der Waals surface area contributed by atoms with Gasteiger partial charge in [0.2, 0.25) is 9.84 Å². The van der Waals surface area contributed by atoms with Gasteiger partial charge in [-0.05, 0) is 69.2 Å². The van der Waals surface area contributed by atoms with Crippen LogP contribution in [0, 0.1) is 13.8 Å². The fourth-order valence-electron chi connectivity index (χ4n) is 3.74. The van der Waals surface area contributed by atoms with Crippen LogP contribution in [0.15, 0.2) is 46.2 Å². The first kappa shape index (κ1) is 26.4. The smallest absolute Gasteiger partial charge is 0.332 e. The predicted molar refractivity (Wildman–Crippen MR) is 133 cm³/mol. The average Bonchev–Trinajstić information content (AvgIpc) is 3.13. The maximum absolute atomic E-state index is 13.7. The zero-order valence-corrected chi connectivity index (χ0v) is 21.9. The molecule has 0 unspecified atom stereocenters. The van der Waals surface area contributed by atoms with E-state index in [1.165, 1.54) is 6.07 Å². The summed E-state index contributed by atoms with van der Waals surface area (Å²) in [6.45, 7) is 7.38. The molecule has 11 heteroatoms. The number of aromatic amines is 1. The van der Waals surface area contributed by atoms with Crippen molar-refractivity contribution in [1.82, 2.24) is 10.3 Å². The van der Waals surface area contributed by atoms with Crippen molar-refractivity contribution in [3.8, 4) is 0 Å². The molecule has 0 radical (unpaired) electrons. The lowest BCUT2D eigenvalue weighted by molar-refractivity contribution is 0.0948. The highest BCUT2D eigenvalue weighted by Gasteiger charge is 2.31. The Morgan fingerprint density at radius 2 is 1.68 bits per heavy atom. The molecule has 0 bridgehead atoms. The Bertz CT molecular complexity index is 1340. The number of aromatic nitrogens is 1. The first-order valence-electron chi connectivity index (χ1n) is 10.8. The molecule has 2 N–H and O–H groups in total. The van der Waals surface area contributed by atoms with Crippen LogP contribution in [0.4, 0.5) is 0 Å². The quantitative estimate of drug-likeness (QED) is 0.348. The van der Waals surface area contributed by atoms with Crippen LogP contribution in [0.3, 0.4) is 0 Å². The molecule has 3 aromatic rings. The summed E-state index contributed by atoms with van der Waals surface area (Å²) < 4.78 is 50.6. The minimum atomic E-state index is -4.09. The van der Waals surface area contributed by atoms with Crippen molar-refractivity contribution >= 4 is 45.8 Å². The molecule has 34 heavy (non-hydrogen) atoms. The largest absolute Gasteiger partial charge is 0.350 e. The highest BCUT2D eigenvalue weighted by Crippen LogP contribution is 2.47. The second kappa shape index (κ2) is 10.6. The summed E-state index contributed by atoms with van der Waals surface area (Å²) in [7, 11) is -7.45. The van der Waals surface area contributed by atoms with E-state index in [1.54, 1.807) is 52.0 Å². The number of hydrogen-bond acceptors (Lipinski definition) is 6. The Morgan fingerprint density at radius 3 is 2.26 bits per heavy atom. The van der Waals surface area contributed by atoms with E-state index in [1.807, 2.05) is 6.07 Å². The number of aryl methyl sites for hydroxylation is 2. The molecule has 0 atom stereocenters. The third kappa shape index (κ3) is 5.73. The standard InChI is InChI=1S/C23H28ClN2O6PS/c1-5-31-33(28,32-6-2)10-9-25-23(27)21-22(19-14-17(24)7-8-20(19)26-21)34(29,30)18-12-15(3)11-16(4)13-18/h7-8,11-14,26H,5-6,9-10H2,1-4H3,(H,25,27). The number of sulfone groups is 1. The molecule has 8 nitrogen and oxygen atoms in total. The summed E-state index contributed by atoms with van der Waals surface area (Å²) in [5.41, 5.74) is 1.89. The molecule has 3 rings (SSSR count). The molecule has 0 aliphatic heterocycles. The highest BCUT2D eigenvalue weighted by molar-refractivity contribution is 7.91. The number of fused-ring (bicyclic) bond motifs is 1. The molecule has 0 aliphatic carbocycles. The summed E-state index contributed by atoms with van der Waals surface area (Å²) in [5, 5.41) is 3.28. The third-order valence-electron chi connectivity index (χ3n) is 5.04. The molecule has 1 aromatic heterocycles. The number of nitrogens with one attached hydrogen (secondary N) is 2. The van der Waals surface area contributed by atoms with Gasteiger partial charge in [0.1, 0.15) is 10.6 Å². The summed E-state index contributed by atoms with van der Waals surface area (Å²) in [4.78, 5) is 16.0. The van der Waals surface area contributed by atoms with Gasteiger partial charge in [0.25, 0.3) is 5.91 Å².